The predicted molar refractivity (Wildman–Crippen MR) is 85.1 cm³/mol. The van der Waals surface area contributed by atoms with Gasteiger partial charge in [0.15, 0.2) is 0 Å². The molecular formula is C16H18N2O3S. The molecule has 3 N–H and O–H groups in total. The van der Waals surface area contributed by atoms with E-state index in [1.54, 1.807) is 12.1 Å². The molecule has 116 valence electrons. The first-order chi connectivity index (χ1) is 10.4. The van der Waals surface area contributed by atoms with Crippen LogP contribution in [0, 0.1) is 0 Å². The Hall–Kier alpha value is -1.89. The highest BCUT2D eigenvalue weighted by Gasteiger charge is 2.23. The number of aliphatic hydroxyl groups excluding tert-OH is 1. The molecule has 1 heterocycles. The summed E-state index contributed by atoms with van der Waals surface area (Å²) in [6, 6.07) is 14.3. The molecule has 0 aromatic heterocycles. The lowest BCUT2D eigenvalue weighted by molar-refractivity contribution is 0.184. The number of primary sulfonamides is 1. The zero-order valence-corrected chi connectivity index (χ0v) is 12.8. The maximum absolute atomic E-state index is 11.5. The number of hydrogen-bond donors (Lipinski definition) is 2. The monoisotopic (exact) mass is 318 g/mol. The third-order valence-corrected chi connectivity index (χ3v) is 4.87. The molecule has 0 spiro atoms. The highest BCUT2D eigenvalue weighted by atomic mass is 32.2. The maximum atomic E-state index is 11.5. The zero-order chi connectivity index (χ0) is 15.7. The van der Waals surface area contributed by atoms with Gasteiger partial charge >= 0.3 is 0 Å². The van der Waals surface area contributed by atoms with Crippen molar-refractivity contribution in [3.05, 3.63) is 59.7 Å². The first-order valence-electron chi connectivity index (χ1n) is 7.09. The lowest BCUT2D eigenvalue weighted by atomic mass is 10.1. The summed E-state index contributed by atoms with van der Waals surface area (Å²) in [5.41, 5.74) is 2.76. The Kier molecular flexibility index (Phi) is 3.90. The number of fused-ring (bicyclic) bond motifs is 1. The van der Waals surface area contributed by atoms with Gasteiger partial charge in [0, 0.05) is 18.8 Å². The summed E-state index contributed by atoms with van der Waals surface area (Å²) in [5, 5.41) is 15.5. The normalized spacial score (nSPS) is 15.6. The number of nitrogens with zero attached hydrogens (tertiary/aromatic N) is 1. The highest BCUT2D eigenvalue weighted by Crippen LogP contribution is 2.31. The average molecular weight is 318 g/mol. The lowest BCUT2D eigenvalue weighted by Crippen LogP contribution is -2.26. The van der Waals surface area contributed by atoms with Gasteiger partial charge in [-0.15, -0.1) is 0 Å². The molecule has 0 aliphatic carbocycles. The smallest absolute Gasteiger partial charge is 0.238 e. The lowest BCUT2D eigenvalue weighted by Gasteiger charge is -2.23. The van der Waals surface area contributed by atoms with Crippen LogP contribution in [0.2, 0.25) is 0 Å². The Morgan fingerprint density at radius 2 is 1.91 bits per heavy atom. The Bertz CT molecular complexity index is 775. The van der Waals surface area contributed by atoms with Crippen molar-refractivity contribution >= 4 is 15.7 Å². The van der Waals surface area contributed by atoms with Crippen LogP contribution in [0.4, 0.5) is 5.69 Å². The zero-order valence-electron chi connectivity index (χ0n) is 12.0. The third-order valence-electron chi connectivity index (χ3n) is 3.95. The molecule has 22 heavy (non-hydrogen) atoms. The van der Waals surface area contributed by atoms with E-state index < -0.39 is 16.1 Å². The number of sulfonamides is 1. The average Bonchev–Trinajstić information content (AvgIpc) is 2.89. The van der Waals surface area contributed by atoms with Gasteiger partial charge in [-0.05, 0) is 29.7 Å². The Labute approximate surface area is 130 Å². The van der Waals surface area contributed by atoms with E-state index in [2.05, 4.69) is 0 Å². The molecule has 1 aliphatic heterocycles. The summed E-state index contributed by atoms with van der Waals surface area (Å²) in [7, 11) is -3.72. The van der Waals surface area contributed by atoms with Crippen LogP contribution in [0.1, 0.15) is 17.2 Å². The van der Waals surface area contributed by atoms with Gasteiger partial charge in [0.2, 0.25) is 10.0 Å². The minimum absolute atomic E-state index is 0.104. The van der Waals surface area contributed by atoms with Crippen molar-refractivity contribution in [3.8, 4) is 0 Å². The van der Waals surface area contributed by atoms with Crippen molar-refractivity contribution in [1.82, 2.24) is 0 Å². The first kappa shape index (κ1) is 15.0. The van der Waals surface area contributed by atoms with Crippen LogP contribution in [-0.4, -0.2) is 26.6 Å². The standard InChI is InChI=1S/C16H18N2O3S/c17-22(20,21)14-7-6-12-8-9-18(15(12)10-14)11-16(19)13-4-2-1-3-5-13/h1-7,10,16,19H,8-9,11H2,(H2,17,20,21). The van der Waals surface area contributed by atoms with Crippen molar-refractivity contribution < 1.29 is 13.5 Å². The highest BCUT2D eigenvalue weighted by molar-refractivity contribution is 7.89. The third kappa shape index (κ3) is 2.99. The van der Waals surface area contributed by atoms with E-state index in [4.69, 9.17) is 5.14 Å². The summed E-state index contributed by atoms with van der Waals surface area (Å²) in [6.45, 7) is 1.18. The van der Waals surface area contributed by atoms with Crippen LogP contribution >= 0.6 is 0 Å². The Morgan fingerprint density at radius 1 is 1.18 bits per heavy atom. The number of nitrogens with two attached hydrogens (primary N) is 1. The summed E-state index contributed by atoms with van der Waals surface area (Å²) >= 11 is 0. The SMILES string of the molecule is NS(=O)(=O)c1ccc2c(c1)N(CC(O)c1ccccc1)CC2. The Balaban J connectivity index is 1.85. The van der Waals surface area contributed by atoms with E-state index >= 15 is 0 Å². The molecular weight excluding hydrogens is 300 g/mol. The molecule has 0 amide bonds. The van der Waals surface area contributed by atoms with E-state index in [0.29, 0.717) is 6.54 Å². The fourth-order valence-electron chi connectivity index (χ4n) is 2.78. The van der Waals surface area contributed by atoms with Crippen LogP contribution in [0.25, 0.3) is 0 Å². The molecule has 1 atom stereocenters. The van der Waals surface area contributed by atoms with E-state index in [9.17, 15) is 13.5 Å². The molecule has 1 unspecified atom stereocenters. The van der Waals surface area contributed by atoms with Gasteiger partial charge in [-0.1, -0.05) is 36.4 Å². The van der Waals surface area contributed by atoms with Gasteiger partial charge in [0.25, 0.3) is 0 Å². The van der Waals surface area contributed by atoms with Gasteiger partial charge in [-0.3, -0.25) is 0 Å². The van der Waals surface area contributed by atoms with Crippen LogP contribution in [0.15, 0.2) is 53.4 Å². The second-order valence-corrected chi connectivity index (χ2v) is 7.02. The molecule has 6 heteroatoms. The van der Waals surface area contributed by atoms with Crippen LogP contribution in [0.5, 0.6) is 0 Å². The molecule has 0 saturated heterocycles. The number of aliphatic hydroxyl groups is 1. The van der Waals surface area contributed by atoms with Crippen molar-refractivity contribution in [2.45, 2.75) is 17.4 Å². The molecule has 0 fully saturated rings. The van der Waals surface area contributed by atoms with Gasteiger partial charge in [-0.2, -0.15) is 0 Å². The fourth-order valence-corrected chi connectivity index (χ4v) is 3.31. The van der Waals surface area contributed by atoms with E-state index in [1.807, 2.05) is 35.2 Å². The summed E-state index contributed by atoms with van der Waals surface area (Å²) in [4.78, 5) is 2.11. The van der Waals surface area contributed by atoms with E-state index in [-0.39, 0.29) is 4.90 Å². The summed E-state index contributed by atoms with van der Waals surface area (Å²) in [6.07, 6.45) is 0.215. The molecule has 0 bridgehead atoms. The maximum Gasteiger partial charge on any atom is 0.238 e. The molecule has 0 radical (unpaired) electrons. The minimum Gasteiger partial charge on any atom is -0.387 e. The van der Waals surface area contributed by atoms with Crippen molar-refractivity contribution in [2.75, 3.05) is 18.0 Å². The van der Waals surface area contributed by atoms with Gasteiger partial charge < -0.3 is 10.0 Å². The Morgan fingerprint density at radius 3 is 2.59 bits per heavy atom. The summed E-state index contributed by atoms with van der Waals surface area (Å²) in [5.74, 6) is 0. The molecule has 2 aromatic rings. The van der Waals surface area contributed by atoms with E-state index in [1.165, 1.54) is 6.07 Å². The minimum atomic E-state index is -3.72. The molecule has 3 rings (SSSR count). The van der Waals surface area contributed by atoms with Crippen molar-refractivity contribution in [1.29, 1.82) is 0 Å². The molecule has 2 aromatic carbocycles. The number of anilines is 1. The largest absolute Gasteiger partial charge is 0.387 e. The first-order valence-corrected chi connectivity index (χ1v) is 8.63. The fraction of sp³-hybridized carbons (Fsp3) is 0.250. The summed E-state index contributed by atoms with van der Waals surface area (Å²) < 4.78 is 23.0. The van der Waals surface area contributed by atoms with Gasteiger partial charge in [-0.25, -0.2) is 13.6 Å². The van der Waals surface area contributed by atoms with Gasteiger partial charge in [0.05, 0.1) is 11.0 Å². The van der Waals surface area contributed by atoms with Crippen molar-refractivity contribution in [3.63, 3.8) is 0 Å². The van der Waals surface area contributed by atoms with Gasteiger partial charge in [0.1, 0.15) is 0 Å². The molecule has 0 saturated carbocycles. The van der Waals surface area contributed by atoms with Crippen molar-refractivity contribution in [2.24, 2.45) is 5.14 Å². The van der Waals surface area contributed by atoms with Crippen LogP contribution < -0.4 is 10.0 Å². The number of β-amino-alcohol motifs (C(OH)–C–C–N with tert-alkyl or cyclic N) is 1. The predicted octanol–water partition coefficient (Wildman–Crippen LogP) is 1.43. The number of rotatable bonds is 4. The van der Waals surface area contributed by atoms with Crippen LogP contribution in [-0.2, 0) is 16.4 Å². The quantitative estimate of drug-likeness (QED) is 0.893. The van der Waals surface area contributed by atoms with Crippen LogP contribution in [0.3, 0.4) is 0 Å². The number of benzene rings is 2. The molecule has 1 aliphatic rings. The number of hydrogen-bond acceptors (Lipinski definition) is 4. The second-order valence-electron chi connectivity index (χ2n) is 5.46. The second kappa shape index (κ2) is 5.72. The molecule has 5 nitrogen and oxygen atoms in total. The topological polar surface area (TPSA) is 83.6 Å². The van der Waals surface area contributed by atoms with E-state index in [0.717, 1.165) is 29.8 Å².